The van der Waals surface area contributed by atoms with Gasteiger partial charge in [-0.25, -0.2) is 9.79 Å². The minimum Gasteiger partial charge on any atom is -0.381 e. The average Bonchev–Trinajstić information content (AvgIpc) is 2.89. The van der Waals surface area contributed by atoms with Crippen LogP contribution in [0.3, 0.4) is 0 Å². The van der Waals surface area contributed by atoms with Crippen LogP contribution in [0.2, 0.25) is 0 Å². The van der Waals surface area contributed by atoms with Crippen molar-refractivity contribution in [1.29, 1.82) is 0 Å². The number of isocyanates is 1. The Hall–Kier alpha value is -0.660. The van der Waals surface area contributed by atoms with Crippen LogP contribution in [0.25, 0.3) is 0 Å². The van der Waals surface area contributed by atoms with E-state index in [0.29, 0.717) is 6.54 Å². The molecule has 0 aromatic carbocycles. The normalized spacial score (nSPS) is 11.1. The number of ether oxygens (including phenoxy) is 1. The number of rotatable bonds is 32. The average molecular weight is 508 g/mol. The molecule has 0 aromatic rings. The summed E-state index contributed by atoms with van der Waals surface area (Å²) in [5.41, 5.74) is 0. The molecule has 0 spiro atoms. The third kappa shape index (κ3) is 33.3. The number of aliphatic imine (C=N–C) groups is 1. The molecule has 3 nitrogen and oxygen atoms in total. The van der Waals surface area contributed by atoms with E-state index in [1.807, 2.05) is 0 Å². The van der Waals surface area contributed by atoms with Gasteiger partial charge in [0, 0.05) is 13.2 Å². The fourth-order valence-corrected chi connectivity index (χ4v) is 5.06. The summed E-state index contributed by atoms with van der Waals surface area (Å²) in [6.07, 6.45) is 40.3. The molecule has 0 atom stereocenters. The fourth-order valence-electron chi connectivity index (χ4n) is 5.06. The van der Waals surface area contributed by atoms with E-state index >= 15 is 0 Å². The molecule has 3 heteroatoms. The van der Waals surface area contributed by atoms with Gasteiger partial charge in [-0.2, -0.15) is 0 Å². The van der Waals surface area contributed by atoms with Gasteiger partial charge in [0.1, 0.15) is 0 Å². The number of hydrogen-bond acceptors (Lipinski definition) is 3. The summed E-state index contributed by atoms with van der Waals surface area (Å²) in [6, 6.07) is 0. The lowest BCUT2D eigenvalue weighted by molar-refractivity contribution is 0.125. The molecule has 0 bridgehead atoms. The molecule has 0 fully saturated rings. The Morgan fingerprint density at radius 2 is 0.694 bits per heavy atom. The Labute approximate surface area is 227 Å². The summed E-state index contributed by atoms with van der Waals surface area (Å²) in [5, 5.41) is 0. The Morgan fingerprint density at radius 3 is 1.00 bits per heavy atom. The highest BCUT2D eigenvalue weighted by Crippen LogP contribution is 2.15. The van der Waals surface area contributed by atoms with Crippen molar-refractivity contribution in [2.24, 2.45) is 4.99 Å². The zero-order chi connectivity index (χ0) is 26.0. The first-order valence-electron chi connectivity index (χ1n) is 16.5. The highest BCUT2D eigenvalue weighted by Gasteiger charge is 1.97. The van der Waals surface area contributed by atoms with E-state index in [4.69, 9.17) is 4.74 Å². The second kappa shape index (κ2) is 34.3. The van der Waals surface area contributed by atoms with Gasteiger partial charge in [-0.1, -0.05) is 167 Å². The maximum Gasteiger partial charge on any atom is 0.234 e. The van der Waals surface area contributed by atoms with Crippen LogP contribution in [0.5, 0.6) is 0 Å². The van der Waals surface area contributed by atoms with Crippen molar-refractivity contribution in [1.82, 2.24) is 0 Å². The molecule has 0 N–H and O–H groups in total. The molecular formula is C33H65NO2. The molecule has 0 saturated carbocycles. The van der Waals surface area contributed by atoms with Gasteiger partial charge in [-0.3, -0.25) is 0 Å². The van der Waals surface area contributed by atoms with E-state index in [1.54, 1.807) is 6.08 Å². The van der Waals surface area contributed by atoms with E-state index < -0.39 is 0 Å². The predicted molar refractivity (Wildman–Crippen MR) is 159 cm³/mol. The van der Waals surface area contributed by atoms with E-state index in [9.17, 15) is 4.79 Å². The van der Waals surface area contributed by atoms with Gasteiger partial charge in [0.05, 0.1) is 6.54 Å². The summed E-state index contributed by atoms with van der Waals surface area (Å²) in [6.45, 7) is 4.86. The molecule has 0 aliphatic heterocycles. The Balaban J connectivity index is 3.02. The molecule has 0 aliphatic carbocycles. The highest BCUT2D eigenvalue weighted by atomic mass is 16.5. The maximum absolute atomic E-state index is 9.97. The van der Waals surface area contributed by atoms with Gasteiger partial charge in [0.2, 0.25) is 6.08 Å². The number of hydrogen-bond donors (Lipinski definition) is 0. The number of unbranched alkanes of at least 4 members (excludes halogenated alkanes) is 26. The smallest absolute Gasteiger partial charge is 0.234 e. The molecule has 214 valence electrons. The topological polar surface area (TPSA) is 38.7 Å². The first-order chi connectivity index (χ1) is 17.9. The van der Waals surface area contributed by atoms with Crippen molar-refractivity contribution in [2.45, 2.75) is 187 Å². The largest absolute Gasteiger partial charge is 0.381 e. The molecule has 0 aromatic heterocycles. The number of nitrogens with zero attached hydrogens (tertiary/aromatic N) is 1. The van der Waals surface area contributed by atoms with Crippen molar-refractivity contribution >= 4 is 6.08 Å². The monoisotopic (exact) mass is 508 g/mol. The van der Waals surface area contributed by atoms with Crippen LogP contribution in [0, 0.1) is 0 Å². The summed E-state index contributed by atoms with van der Waals surface area (Å²) in [4.78, 5) is 13.6. The Morgan fingerprint density at radius 1 is 0.417 bits per heavy atom. The molecule has 0 rings (SSSR count). The second-order valence-corrected chi connectivity index (χ2v) is 11.1. The van der Waals surface area contributed by atoms with E-state index in [2.05, 4.69) is 11.9 Å². The lowest BCUT2D eigenvalue weighted by Gasteiger charge is -2.05. The van der Waals surface area contributed by atoms with E-state index in [0.717, 1.165) is 19.6 Å². The first-order valence-corrected chi connectivity index (χ1v) is 16.5. The van der Waals surface area contributed by atoms with Crippen LogP contribution < -0.4 is 0 Å². The van der Waals surface area contributed by atoms with Gasteiger partial charge in [0.15, 0.2) is 0 Å². The summed E-state index contributed by atoms with van der Waals surface area (Å²) in [5.74, 6) is 0. The second-order valence-electron chi connectivity index (χ2n) is 11.1. The van der Waals surface area contributed by atoms with Gasteiger partial charge < -0.3 is 4.74 Å². The van der Waals surface area contributed by atoms with Crippen LogP contribution in [0.1, 0.15) is 187 Å². The number of carbonyl (C=O) groups excluding carboxylic acids is 1. The molecule has 0 amide bonds. The lowest BCUT2D eigenvalue weighted by Crippen LogP contribution is -1.97. The van der Waals surface area contributed by atoms with Gasteiger partial charge >= 0.3 is 0 Å². The molecule has 0 unspecified atom stereocenters. The van der Waals surface area contributed by atoms with Gasteiger partial charge in [0.25, 0.3) is 0 Å². The van der Waals surface area contributed by atoms with Crippen LogP contribution >= 0.6 is 0 Å². The highest BCUT2D eigenvalue weighted by molar-refractivity contribution is 5.32. The molecule has 0 heterocycles. The molecular weight excluding hydrogens is 442 g/mol. The lowest BCUT2D eigenvalue weighted by atomic mass is 10.0. The standard InChI is InChI=1S/C33H65NO2/c1-2-3-4-5-6-7-8-9-10-11-12-13-14-15-16-17-19-22-25-28-31-36-32-29-26-23-20-18-21-24-27-30-34-33-35/h2-32H2,1H3. The zero-order valence-electron chi connectivity index (χ0n) is 24.7. The van der Waals surface area contributed by atoms with E-state index in [1.165, 1.54) is 173 Å². The van der Waals surface area contributed by atoms with Crippen molar-refractivity contribution in [3.05, 3.63) is 0 Å². The molecule has 0 aliphatic rings. The molecule has 0 saturated heterocycles. The van der Waals surface area contributed by atoms with Crippen molar-refractivity contribution in [2.75, 3.05) is 19.8 Å². The summed E-state index contributed by atoms with van der Waals surface area (Å²) >= 11 is 0. The van der Waals surface area contributed by atoms with E-state index in [-0.39, 0.29) is 0 Å². The maximum atomic E-state index is 9.97. The van der Waals surface area contributed by atoms with Crippen LogP contribution in [0.4, 0.5) is 0 Å². The van der Waals surface area contributed by atoms with Gasteiger partial charge in [-0.05, 0) is 19.3 Å². The Kier molecular flexibility index (Phi) is 33.7. The van der Waals surface area contributed by atoms with Crippen molar-refractivity contribution < 1.29 is 9.53 Å². The SMILES string of the molecule is CCCCCCCCCCCCCCCCCCCCCCOCCCCCCCCCCN=C=O. The van der Waals surface area contributed by atoms with Crippen molar-refractivity contribution in [3.63, 3.8) is 0 Å². The van der Waals surface area contributed by atoms with Crippen LogP contribution in [-0.4, -0.2) is 25.8 Å². The third-order valence-electron chi connectivity index (χ3n) is 7.52. The van der Waals surface area contributed by atoms with Crippen LogP contribution in [0.15, 0.2) is 4.99 Å². The minimum atomic E-state index is 0.653. The molecule has 0 radical (unpaired) electrons. The predicted octanol–water partition coefficient (Wildman–Crippen LogP) is 11.3. The summed E-state index contributed by atoms with van der Waals surface area (Å²) in [7, 11) is 0. The molecule has 36 heavy (non-hydrogen) atoms. The fraction of sp³-hybridized carbons (Fsp3) is 0.970. The first kappa shape index (κ1) is 35.3. The van der Waals surface area contributed by atoms with Crippen LogP contribution in [-0.2, 0) is 9.53 Å². The summed E-state index contributed by atoms with van der Waals surface area (Å²) < 4.78 is 5.81. The third-order valence-corrected chi connectivity index (χ3v) is 7.52. The van der Waals surface area contributed by atoms with Gasteiger partial charge in [-0.15, -0.1) is 0 Å². The van der Waals surface area contributed by atoms with Crippen molar-refractivity contribution in [3.8, 4) is 0 Å². The minimum absolute atomic E-state index is 0.653. The quantitative estimate of drug-likeness (QED) is 0.0515. The zero-order valence-corrected chi connectivity index (χ0v) is 24.7. The Bertz CT molecular complexity index is 433.